The van der Waals surface area contributed by atoms with Crippen LogP contribution in [0.15, 0.2) is 24.3 Å². The van der Waals surface area contributed by atoms with Crippen LogP contribution in [0.5, 0.6) is 0 Å². The Bertz CT molecular complexity index is 256. The van der Waals surface area contributed by atoms with E-state index >= 15 is 0 Å². The maximum atomic E-state index is 3.42. The zero-order valence-corrected chi connectivity index (χ0v) is 7.46. The molecule has 1 aromatic carbocycles. The van der Waals surface area contributed by atoms with Crippen molar-refractivity contribution in [1.82, 2.24) is 0 Å². The second-order valence-electron chi connectivity index (χ2n) is 3.56. The summed E-state index contributed by atoms with van der Waals surface area (Å²) < 4.78 is 0. The molecular weight excluding hydrogens is 148 g/mol. The molecule has 2 rings (SSSR count). The van der Waals surface area contributed by atoms with Gasteiger partial charge in [0.1, 0.15) is 0 Å². The Morgan fingerprint density at radius 3 is 2.00 bits per heavy atom. The van der Waals surface area contributed by atoms with E-state index in [-0.39, 0.29) is 0 Å². The molecule has 0 aromatic heterocycles. The molecule has 12 heavy (non-hydrogen) atoms. The van der Waals surface area contributed by atoms with Crippen LogP contribution in [-0.4, -0.2) is 6.17 Å². The third-order valence-electron chi connectivity index (χ3n) is 2.22. The summed E-state index contributed by atoms with van der Waals surface area (Å²) in [5.41, 5.74) is 2.44. The highest BCUT2D eigenvalue weighted by molar-refractivity contribution is 5.74. The van der Waals surface area contributed by atoms with Crippen LogP contribution in [0.3, 0.4) is 0 Å². The molecule has 0 atom stereocenters. The topological polar surface area (TPSA) is 24.1 Å². The minimum Gasteiger partial charge on any atom is -0.363 e. The zero-order valence-electron chi connectivity index (χ0n) is 7.46. The molecule has 2 N–H and O–H groups in total. The summed E-state index contributed by atoms with van der Waals surface area (Å²) in [5.74, 6) is 0.609. The molecule has 1 aromatic rings. The van der Waals surface area contributed by atoms with Crippen LogP contribution in [-0.2, 0) is 0 Å². The maximum Gasteiger partial charge on any atom is 0.0988 e. The van der Waals surface area contributed by atoms with Crippen LogP contribution >= 0.6 is 0 Å². The second kappa shape index (κ2) is 2.70. The van der Waals surface area contributed by atoms with Crippen LogP contribution in [0, 0.1) is 5.92 Å². The first-order valence-electron chi connectivity index (χ1n) is 4.39. The van der Waals surface area contributed by atoms with Crippen LogP contribution in [0.2, 0.25) is 0 Å². The lowest BCUT2D eigenvalue weighted by atomic mass is 10.2. The highest BCUT2D eigenvalue weighted by atomic mass is 15.2. The van der Waals surface area contributed by atoms with Crippen molar-refractivity contribution in [3.05, 3.63) is 24.3 Å². The number of fused-ring (bicyclic) bond motifs is 1. The van der Waals surface area contributed by atoms with Gasteiger partial charge in [-0.15, -0.1) is 0 Å². The molecule has 0 spiro atoms. The summed E-state index contributed by atoms with van der Waals surface area (Å²) in [6.07, 6.45) is 0.391. The van der Waals surface area contributed by atoms with Crippen LogP contribution < -0.4 is 10.6 Å². The summed E-state index contributed by atoms with van der Waals surface area (Å²) in [6, 6.07) is 8.31. The smallest absolute Gasteiger partial charge is 0.0988 e. The predicted octanol–water partition coefficient (Wildman–Crippen LogP) is 2.51. The maximum absolute atomic E-state index is 3.42. The number of hydrogen-bond donors (Lipinski definition) is 2. The van der Waals surface area contributed by atoms with Gasteiger partial charge in [-0.25, -0.2) is 0 Å². The molecule has 0 fully saturated rings. The molecule has 64 valence electrons. The third kappa shape index (κ3) is 1.13. The fourth-order valence-corrected chi connectivity index (χ4v) is 1.44. The molecular formula is C10H14N2. The average molecular weight is 162 g/mol. The Balaban J connectivity index is 2.22. The fraction of sp³-hybridized carbons (Fsp3) is 0.400. The van der Waals surface area contributed by atoms with Crippen LogP contribution in [0.1, 0.15) is 13.8 Å². The van der Waals surface area contributed by atoms with Gasteiger partial charge >= 0.3 is 0 Å². The number of nitrogens with one attached hydrogen (secondary N) is 2. The Labute approximate surface area is 73.0 Å². The highest BCUT2D eigenvalue weighted by Gasteiger charge is 2.20. The predicted molar refractivity (Wildman–Crippen MR) is 52.3 cm³/mol. The summed E-state index contributed by atoms with van der Waals surface area (Å²) in [7, 11) is 0. The fourth-order valence-electron chi connectivity index (χ4n) is 1.44. The lowest BCUT2D eigenvalue weighted by Gasteiger charge is -2.15. The quantitative estimate of drug-likeness (QED) is 0.663. The van der Waals surface area contributed by atoms with Gasteiger partial charge in [0.05, 0.1) is 17.5 Å². The largest absolute Gasteiger partial charge is 0.363 e. The van der Waals surface area contributed by atoms with E-state index in [9.17, 15) is 0 Å². The number of anilines is 2. The van der Waals surface area contributed by atoms with Gasteiger partial charge in [0.2, 0.25) is 0 Å². The first kappa shape index (κ1) is 7.47. The lowest BCUT2D eigenvalue weighted by molar-refractivity contribution is 0.581. The molecule has 1 aliphatic heterocycles. The van der Waals surface area contributed by atoms with Gasteiger partial charge in [-0.3, -0.25) is 0 Å². The van der Waals surface area contributed by atoms with Gasteiger partial charge < -0.3 is 10.6 Å². The number of hydrogen-bond acceptors (Lipinski definition) is 2. The van der Waals surface area contributed by atoms with Crippen molar-refractivity contribution in [2.45, 2.75) is 20.0 Å². The number of rotatable bonds is 1. The van der Waals surface area contributed by atoms with Crippen molar-refractivity contribution in [2.75, 3.05) is 10.6 Å². The Hall–Kier alpha value is -1.18. The molecule has 2 nitrogen and oxygen atoms in total. The van der Waals surface area contributed by atoms with E-state index in [1.54, 1.807) is 0 Å². The zero-order chi connectivity index (χ0) is 8.55. The van der Waals surface area contributed by atoms with Gasteiger partial charge in [-0.1, -0.05) is 26.0 Å². The van der Waals surface area contributed by atoms with Crippen LogP contribution in [0.4, 0.5) is 11.4 Å². The van der Waals surface area contributed by atoms with E-state index in [4.69, 9.17) is 0 Å². The number of para-hydroxylation sites is 2. The first-order valence-corrected chi connectivity index (χ1v) is 4.39. The number of benzene rings is 1. The minimum atomic E-state index is 0.391. The molecule has 0 saturated carbocycles. The molecule has 0 unspecified atom stereocenters. The molecule has 0 saturated heterocycles. The summed E-state index contributed by atoms with van der Waals surface area (Å²) in [5, 5.41) is 6.85. The second-order valence-corrected chi connectivity index (χ2v) is 3.56. The molecule has 0 radical (unpaired) electrons. The van der Waals surface area contributed by atoms with Crippen molar-refractivity contribution in [3.63, 3.8) is 0 Å². The van der Waals surface area contributed by atoms with Crippen molar-refractivity contribution >= 4 is 11.4 Å². The summed E-state index contributed by atoms with van der Waals surface area (Å²) in [4.78, 5) is 0. The summed E-state index contributed by atoms with van der Waals surface area (Å²) in [6.45, 7) is 4.41. The van der Waals surface area contributed by atoms with Gasteiger partial charge in [-0.2, -0.15) is 0 Å². The van der Waals surface area contributed by atoms with Crippen molar-refractivity contribution < 1.29 is 0 Å². The first-order chi connectivity index (χ1) is 5.77. The Kier molecular flexibility index (Phi) is 1.68. The van der Waals surface area contributed by atoms with Gasteiger partial charge in [0.15, 0.2) is 0 Å². The molecule has 1 aliphatic rings. The minimum absolute atomic E-state index is 0.391. The Morgan fingerprint density at radius 2 is 1.58 bits per heavy atom. The third-order valence-corrected chi connectivity index (χ3v) is 2.22. The average Bonchev–Trinajstić information content (AvgIpc) is 2.46. The van der Waals surface area contributed by atoms with E-state index in [1.807, 2.05) is 0 Å². The SMILES string of the molecule is CC(C)C1Nc2ccccc2N1. The molecule has 0 aliphatic carbocycles. The molecule has 1 heterocycles. The van der Waals surface area contributed by atoms with Crippen molar-refractivity contribution in [2.24, 2.45) is 5.92 Å². The van der Waals surface area contributed by atoms with E-state index < -0.39 is 0 Å². The van der Waals surface area contributed by atoms with E-state index in [0.29, 0.717) is 12.1 Å². The molecule has 0 amide bonds. The highest BCUT2D eigenvalue weighted by Crippen LogP contribution is 2.30. The molecule has 2 heteroatoms. The van der Waals surface area contributed by atoms with Crippen molar-refractivity contribution in [1.29, 1.82) is 0 Å². The van der Waals surface area contributed by atoms with E-state index in [2.05, 4.69) is 48.7 Å². The van der Waals surface area contributed by atoms with E-state index in [1.165, 1.54) is 11.4 Å². The summed E-state index contributed by atoms with van der Waals surface area (Å²) >= 11 is 0. The van der Waals surface area contributed by atoms with E-state index in [0.717, 1.165) is 0 Å². The van der Waals surface area contributed by atoms with Gasteiger partial charge in [-0.05, 0) is 18.1 Å². The Morgan fingerprint density at radius 1 is 1.08 bits per heavy atom. The normalized spacial score (nSPS) is 15.6. The molecule has 0 bridgehead atoms. The monoisotopic (exact) mass is 162 g/mol. The standard InChI is InChI=1S/C10H14N2/c1-7(2)10-11-8-5-3-4-6-9(8)12-10/h3-7,10-12H,1-2H3. The van der Waals surface area contributed by atoms with Crippen molar-refractivity contribution in [3.8, 4) is 0 Å². The van der Waals surface area contributed by atoms with Gasteiger partial charge in [0, 0.05) is 0 Å². The van der Waals surface area contributed by atoms with Crippen LogP contribution in [0.25, 0.3) is 0 Å². The van der Waals surface area contributed by atoms with Gasteiger partial charge in [0.25, 0.3) is 0 Å². The lowest BCUT2D eigenvalue weighted by Crippen LogP contribution is -2.27.